The van der Waals surface area contributed by atoms with Gasteiger partial charge in [-0.25, -0.2) is 0 Å². The minimum atomic E-state index is -0.132. The topological polar surface area (TPSA) is 29.1 Å². The number of benzene rings is 1. The van der Waals surface area contributed by atoms with Crippen molar-refractivity contribution in [3.05, 3.63) is 33.8 Å². The van der Waals surface area contributed by atoms with Crippen molar-refractivity contribution in [2.75, 3.05) is 6.54 Å². The summed E-state index contributed by atoms with van der Waals surface area (Å²) in [6.45, 7) is 2.88. The Morgan fingerprint density at radius 1 is 1.17 bits per heavy atom. The highest BCUT2D eigenvalue weighted by Gasteiger charge is 2.09. The minimum Gasteiger partial charge on any atom is -0.352 e. The van der Waals surface area contributed by atoms with E-state index >= 15 is 0 Å². The molecule has 0 aliphatic rings. The van der Waals surface area contributed by atoms with E-state index in [1.54, 1.807) is 18.2 Å². The number of rotatable bonds is 7. The average Bonchev–Trinajstić information content (AvgIpc) is 2.33. The van der Waals surface area contributed by atoms with Crippen LogP contribution in [-0.4, -0.2) is 12.5 Å². The summed E-state index contributed by atoms with van der Waals surface area (Å²) >= 11 is 11.7. The first kappa shape index (κ1) is 15.3. The van der Waals surface area contributed by atoms with Crippen molar-refractivity contribution in [3.63, 3.8) is 0 Å². The molecule has 100 valence electrons. The van der Waals surface area contributed by atoms with Crippen LogP contribution in [-0.2, 0) is 0 Å². The zero-order valence-corrected chi connectivity index (χ0v) is 12.2. The predicted molar refractivity (Wildman–Crippen MR) is 77.6 cm³/mol. The van der Waals surface area contributed by atoms with Gasteiger partial charge in [0.2, 0.25) is 0 Å². The van der Waals surface area contributed by atoms with Crippen molar-refractivity contribution in [1.82, 2.24) is 5.32 Å². The molecule has 0 aromatic heterocycles. The summed E-state index contributed by atoms with van der Waals surface area (Å²) in [5.41, 5.74) is 0.481. The van der Waals surface area contributed by atoms with Gasteiger partial charge in [-0.2, -0.15) is 0 Å². The summed E-state index contributed by atoms with van der Waals surface area (Å²) in [5, 5.41) is 3.80. The fourth-order valence-electron chi connectivity index (χ4n) is 1.70. The first-order valence-electron chi connectivity index (χ1n) is 6.38. The summed E-state index contributed by atoms with van der Waals surface area (Å²) < 4.78 is 0. The number of unbranched alkanes of at least 4 members (excludes halogenated alkanes) is 4. The fourth-order valence-corrected chi connectivity index (χ4v) is 2.19. The Morgan fingerprint density at radius 2 is 1.89 bits per heavy atom. The van der Waals surface area contributed by atoms with Gasteiger partial charge in [-0.15, -0.1) is 0 Å². The van der Waals surface area contributed by atoms with Crippen LogP contribution in [0.2, 0.25) is 10.0 Å². The van der Waals surface area contributed by atoms with E-state index in [1.165, 1.54) is 19.3 Å². The van der Waals surface area contributed by atoms with E-state index in [4.69, 9.17) is 23.2 Å². The maximum atomic E-state index is 11.8. The van der Waals surface area contributed by atoms with Crippen LogP contribution in [0.25, 0.3) is 0 Å². The van der Waals surface area contributed by atoms with E-state index in [2.05, 4.69) is 12.2 Å². The monoisotopic (exact) mass is 287 g/mol. The second-order valence-corrected chi connectivity index (χ2v) is 5.14. The lowest BCUT2D eigenvalue weighted by Gasteiger charge is -2.07. The molecule has 0 aliphatic heterocycles. The molecular weight excluding hydrogens is 269 g/mol. The molecule has 1 rings (SSSR count). The molecule has 1 aromatic carbocycles. The Morgan fingerprint density at radius 3 is 2.56 bits per heavy atom. The Bertz CT molecular complexity index is 393. The molecule has 0 saturated heterocycles. The molecular formula is C14H19Cl2NO. The summed E-state index contributed by atoms with van der Waals surface area (Å²) in [6, 6.07) is 4.90. The summed E-state index contributed by atoms with van der Waals surface area (Å²) in [4.78, 5) is 11.8. The van der Waals surface area contributed by atoms with Gasteiger partial charge in [0.15, 0.2) is 0 Å². The van der Waals surface area contributed by atoms with Crippen LogP contribution >= 0.6 is 23.2 Å². The van der Waals surface area contributed by atoms with Gasteiger partial charge in [0.1, 0.15) is 0 Å². The molecule has 0 fully saturated rings. The van der Waals surface area contributed by atoms with E-state index in [-0.39, 0.29) is 5.91 Å². The Kier molecular flexibility index (Phi) is 7.14. The smallest absolute Gasteiger partial charge is 0.252 e. The van der Waals surface area contributed by atoms with Gasteiger partial charge >= 0.3 is 0 Å². The third kappa shape index (κ3) is 5.28. The molecule has 0 unspecified atom stereocenters. The lowest BCUT2D eigenvalue weighted by molar-refractivity contribution is 0.0953. The highest BCUT2D eigenvalue weighted by Crippen LogP contribution is 2.20. The van der Waals surface area contributed by atoms with Crippen LogP contribution in [0.15, 0.2) is 18.2 Å². The lowest BCUT2D eigenvalue weighted by atomic mass is 10.1. The van der Waals surface area contributed by atoms with Gasteiger partial charge in [-0.3, -0.25) is 4.79 Å². The second-order valence-electron chi connectivity index (χ2n) is 4.29. The number of nitrogens with one attached hydrogen (secondary N) is 1. The quantitative estimate of drug-likeness (QED) is 0.724. The lowest BCUT2D eigenvalue weighted by Crippen LogP contribution is -2.24. The minimum absolute atomic E-state index is 0.132. The zero-order chi connectivity index (χ0) is 13.4. The third-order valence-electron chi connectivity index (χ3n) is 2.74. The number of amides is 1. The molecule has 1 amide bonds. The van der Waals surface area contributed by atoms with Crippen LogP contribution in [0, 0.1) is 0 Å². The molecule has 2 nitrogen and oxygen atoms in total. The van der Waals surface area contributed by atoms with Gasteiger partial charge in [-0.05, 0) is 24.6 Å². The van der Waals surface area contributed by atoms with E-state index in [1.807, 2.05) is 0 Å². The van der Waals surface area contributed by atoms with Gasteiger partial charge < -0.3 is 5.32 Å². The third-order valence-corrected chi connectivity index (χ3v) is 3.29. The predicted octanol–water partition coefficient (Wildman–Crippen LogP) is 4.69. The number of carbonyl (C=O) groups is 1. The van der Waals surface area contributed by atoms with Crippen LogP contribution in [0.4, 0.5) is 0 Å². The van der Waals surface area contributed by atoms with Crippen molar-refractivity contribution in [1.29, 1.82) is 0 Å². The first-order chi connectivity index (χ1) is 8.65. The highest BCUT2D eigenvalue weighted by atomic mass is 35.5. The van der Waals surface area contributed by atoms with Crippen molar-refractivity contribution in [2.24, 2.45) is 0 Å². The number of carbonyl (C=O) groups excluding carboxylic acids is 1. The van der Waals surface area contributed by atoms with Crippen LogP contribution in [0.3, 0.4) is 0 Å². The van der Waals surface area contributed by atoms with E-state index in [0.717, 1.165) is 12.8 Å². The largest absolute Gasteiger partial charge is 0.352 e. The molecule has 0 atom stereocenters. The normalized spacial score (nSPS) is 10.4. The zero-order valence-electron chi connectivity index (χ0n) is 10.6. The Hall–Kier alpha value is -0.730. The van der Waals surface area contributed by atoms with E-state index in [9.17, 15) is 4.79 Å². The number of halogens is 2. The van der Waals surface area contributed by atoms with Crippen molar-refractivity contribution >= 4 is 29.1 Å². The average molecular weight is 288 g/mol. The molecule has 4 heteroatoms. The molecule has 1 N–H and O–H groups in total. The SMILES string of the molecule is CCCCCCCNC(=O)c1ccc(Cl)cc1Cl. The molecule has 1 aromatic rings. The maximum Gasteiger partial charge on any atom is 0.252 e. The van der Waals surface area contributed by atoms with E-state index < -0.39 is 0 Å². The van der Waals surface area contributed by atoms with Crippen LogP contribution < -0.4 is 5.32 Å². The van der Waals surface area contributed by atoms with Gasteiger partial charge in [-0.1, -0.05) is 55.8 Å². The molecule has 0 saturated carbocycles. The molecule has 0 spiro atoms. The summed E-state index contributed by atoms with van der Waals surface area (Å²) in [6.07, 6.45) is 5.89. The maximum absolute atomic E-state index is 11.8. The number of hydrogen-bond acceptors (Lipinski definition) is 1. The molecule has 0 heterocycles. The van der Waals surface area contributed by atoms with Gasteiger partial charge in [0, 0.05) is 11.6 Å². The number of hydrogen-bond donors (Lipinski definition) is 1. The van der Waals surface area contributed by atoms with Crippen molar-refractivity contribution < 1.29 is 4.79 Å². The Labute approximate surface area is 119 Å². The van der Waals surface area contributed by atoms with E-state index in [0.29, 0.717) is 22.2 Å². The summed E-state index contributed by atoms with van der Waals surface area (Å²) in [5.74, 6) is -0.132. The van der Waals surface area contributed by atoms with Crippen LogP contribution in [0.1, 0.15) is 49.4 Å². The van der Waals surface area contributed by atoms with Gasteiger partial charge in [0.25, 0.3) is 5.91 Å². The summed E-state index contributed by atoms with van der Waals surface area (Å²) in [7, 11) is 0. The standard InChI is InChI=1S/C14H19Cl2NO/c1-2-3-4-5-6-9-17-14(18)12-8-7-11(15)10-13(12)16/h7-8,10H,2-6,9H2,1H3,(H,17,18). The first-order valence-corrected chi connectivity index (χ1v) is 7.14. The second kappa shape index (κ2) is 8.39. The highest BCUT2D eigenvalue weighted by molar-refractivity contribution is 6.36. The Balaban J connectivity index is 2.32. The van der Waals surface area contributed by atoms with Gasteiger partial charge in [0.05, 0.1) is 10.6 Å². The van der Waals surface area contributed by atoms with Crippen molar-refractivity contribution in [3.8, 4) is 0 Å². The van der Waals surface area contributed by atoms with Crippen LogP contribution in [0.5, 0.6) is 0 Å². The molecule has 18 heavy (non-hydrogen) atoms. The molecule has 0 radical (unpaired) electrons. The molecule has 0 bridgehead atoms. The fraction of sp³-hybridized carbons (Fsp3) is 0.500. The van der Waals surface area contributed by atoms with Crippen molar-refractivity contribution in [2.45, 2.75) is 39.0 Å². The molecule has 0 aliphatic carbocycles.